The van der Waals surface area contributed by atoms with Crippen LogP contribution in [0.3, 0.4) is 0 Å². The van der Waals surface area contributed by atoms with Gasteiger partial charge in [0.2, 0.25) is 0 Å². The van der Waals surface area contributed by atoms with Crippen molar-refractivity contribution in [3.8, 4) is 0 Å². The van der Waals surface area contributed by atoms with Crippen LogP contribution in [0.15, 0.2) is 41.8 Å². The Hall–Kier alpha value is -1.81. The molecule has 0 unspecified atom stereocenters. The zero-order valence-electron chi connectivity index (χ0n) is 11.0. The summed E-state index contributed by atoms with van der Waals surface area (Å²) in [6.07, 6.45) is 0.934. The number of nitrogen functional groups attached to an aromatic ring is 1. The van der Waals surface area contributed by atoms with Crippen molar-refractivity contribution in [2.45, 2.75) is 19.9 Å². The van der Waals surface area contributed by atoms with Gasteiger partial charge in [0, 0.05) is 13.1 Å². The molecule has 1 heterocycles. The summed E-state index contributed by atoms with van der Waals surface area (Å²) in [6, 6.07) is 11.8. The molecule has 0 saturated carbocycles. The fourth-order valence-electron chi connectivity index (χ4n) is 1.96. The first-order valence-electron chi connectivity index (χ1n) is 6.38. The Balaban J connectivity index is 2.16. The molecule has 4 heteroatoms. The van der Waals surface area contributed by atoms with E-state index in [1.54, 1.807) is 6.07 Å². The number of nitrogens with zero attached hydrogens (tertiary/aromatic N) is 1. The Kier molecular flexibility index (Phi) is 4.58. The first-order chi connectivity index (χ1) is 9.22. The van der Waals surface area contributed by atoms with E-state index in [4.69, 9.17) is 5.73 Å². The molecule has 1 aromatic carbocycles. The molecule has 0 fully saturated rings. The average molecular weight is 274 g/mol. The van der Waals surface area contributed by atoms with E-state index in [1.807, 2.05) is 40.6 Å². The highest BCUT2D eigenvalue weighted by Gasteiger charge is 2.18. The van der Waals surface area contributed by atoms with Crippen LogP contribution in [0, 0.1) is 0 Å². The second-order valence-corrected chi connectivity index (χ2v) is 5.33. The number of carbonyl (C=O) groups excluding carboxylic acids is 1. The van der Waals surface area contributed by atoms with Gasteiger partial charge in [0.05, 0.1) is 5.69 Å². The van der Waals surface area contributed by atoms with Crippen molar-refractivity contribution >= 4 is 22.9 Å². The van der Waals surface area contributed by atoms with Crippen molar-refractivity contribution in [3.05, 3.63) is 52.2 Å². The summed E-state index contributed by atoms with van der Waals surface area (Å²) in [7, 11) is 0. The van der Waals surface area contributed by atoms with E-state index in [9.17, 15) is 4.79 Å². The minimum absolute atomic E-state index is 0.0261. The number of hydrogen-bond donors (Lipinski definition) is 1. The molecule has 0 aliphatic heterocycles. The Morgan fingerprint density at radius 3 is 2.58 bits per heavy atom. The number of anilines is 1. The Morgan fingerprint density at radius 2 is 2.00 bits per heavy atom. The van der Waals surface area contributed by atoms with Crippen molar-refractivity contribution in [1.82, 2.24) is 4.90 Å². The fourth-order valence-corrected chi connectivity index (χ4v) is 2.75. The molecule has 0 aliphatic rings. The minimum Gasteiger partial charge on any atom is -0.397 e. The lowest BCUT2D eigenvalue weighted by Crippen LogP contribution is -2.31. The topological polar surface area (TPSA) is 46.3 Å². The molecule has 19 heavy (non-hydrogen) atoms. The van der Waals surface area contributed by atoms with Crippen LogP contribution in [0.4, 0.5) is 5.69 Å². The first kappa shape index (κ1) is 13.6. The van der Waals surface area contributed by atoms with Gasteiger partial charge in [-0.05, 0) is 23.4 Å². The second-order valence-electron chi connectivity index (χ2n) is 4.42. The van der Waals surface area contributed by atoms with Crippen LogP contribution in [0.1, 0.15) is 28.6 Å². The lowest BCUT2D eigenvalue weighted by molar-refractivity contribution is 0.0749. The van der Waals surface area contributed by atoms with Crippen molar-refractivity contribution in [2.24, 2.45) is 0 Å². The van der Waals surface area contributed by atoms with Crippen molar-refractivity contribution in [3.63, 3.8) is 0 Å². The molecule has 2 rings (SSSR count). The molecule has 0 aliphatic carbocycles. The molecule has 100 valence electrons. The van der Waals surface area contributed by atoms with E-state index in [0.29, 0.717) is 17.1 Å². The van der Waals surface area contributed by atoms with Gasteiger partial charge in [0.1, 0.15) is 4.88 Å². The first-order valence-corrected chi connectivity index (χ1v) is 7.26. The molecule has 2 aromatic rings. The quantitative estimate of drug-likeness (QED) is 0.908. The van der Waals surface area contributed by atoms with Gasteiger partial charge in [-0.25, -0.2) is 0 Å². The maximum Gasteiger partial charge on any atom is 0.266 e. The zero-order valence-corrected chi connectivity index (χ0v) is 11.8. The fraction of sp³-hybridized carbons (Fsp3) is 0.267. The van der Waals surface area contributed by atoms with Gasteiger partial charge in [0.25, 0.3) is 5.91 Å². The molecular formula is C15H18N2OS. The van der Waals surface area contributed by atoms with Crippen molar-refractivity contribution < 1.29 is 4.79 Å². The largest absolute Gasteiger partial charge is 0.397 e. The van der Waals surface area contributed by atoms with Gasteiger partial charge in [-0.2, -0.15) is 0 Å². The Morgan fingerprint density at radius 1 is 1.26 bits per heavy atom. The number of amides is 1. The Labute approximate surface area is 117 Å². The van der Waals surface area contributed by atoms with E-state index < -0.39 is 0 Å². The van der Waals surface area contributed by atoms with Crippen molar-refractivity contribution in [2.75, 3.05) is 12.3 Å². The maximum atomic E-state index is 12.5. The standard InChI is InChI=1S/C15H18N2OS/c1-2-9-17(11-12-6-4-3-5-7-12)15(18)14-13(16)8-10-19-14/h3-8,10H,2,9,11,16H2,1H3. The summed E-state index contributed by atoms with van der Waals surface area (Å²) < 4.78 is 0. The summed E-state index contributed by atoms with van der Waals surface area (Å²) in [4.78, 5) is 15.0. The van der Waals surface area contributed by atoms with Crippen LogP contribution in [-0.4, -0.2) is 17.4 Å². The Bertz CT molecular complexity index is 536. The van der Waals surface area contributed by atoms with E-state index in [1.165, 1.54) is 11.3 Å². The van der Waals surface area contributed by atoms with Crippen LogP contribution in [0.5, 0.6) is 0 Å². The number of nitrogens with two attached hydrogens (primary N) is 1. The number of benzene rings is 1. The van der Waals surface area contributed by atoms with Crippen molar-refractivity contribution in [1.29, 1.82) is 0 Å². The maximum absolute atomic E-state index is 12.5. The normalized spacial score (nSPS) is 10.4. The van der Waals surface area contributed by atoms with Gasteiger partial charge >= 0.3 is 0 Å². The zero-order chi connectivity index (χ0) is 13.7. The third kappa shape index (κ3) is 3.35. The second kappa shape index (κ2) is 6.38. The van der Waals surface area contributed by atoms with Gasteiger partial charge in [-0.15, -0.1) is 11.3 Å². The molecule has 0 spiro atoms. The number of carbonyl (C=O) groups is 1. The lowest BCUT2D eigenvalue weighted by atomic mass is 10.2. The van der Waals surface area contributed by atoms with E-state index in [-0.39, 0.29) is 5.91 Å². The monoisotopic (exact) mass is 274 g/mol. The summed E-state index contributed by atoms with van der Waals surface area (Å²) >= 11 is 1.41. The highest BCUT2D eigenvalue weighted by molar-refractivity contribution is 7.12. The highest BCUT2D eigenvalue weighted by atomic mass is 32.1. The number of hydrogen-bond acceptors (Lipinski definition) is 3. The van der Waals surface area contributed by atoms with E-state index in [0.717, 1.165) is 18.5 Å². The molecule has 1 aromatic heterocycles. The summed E-state index contributed by atoms with van der Waals surface area (Å²) in [5.74, 6) is 0.0261. The molecule has 0 saturated heterocycles. The minimum atomic E-state index is 0.0261. The van der Waals surface area contributed by atoms with Crippen LogP contribution >= 0.6 is 11.3 Å². The molecule has 2 N–H and O–H groups in total. The number of rotatable bonds is 5. The summed E-state index contributed by atoms with van der Waals surface area (Å²) in [5, 5.41) is 1.86. The van der Waals surface area contributed by atoms with Gasteiger partial charge < -0.3 is 10.6 Å². The SMILES string of the molecule is CCCN(Cc1ccccc1)C(=O)c1sccc1N. The molecule has 1 amide bonds. The molecule has 0 atom stereocenters. The van der Waals surface area contributed by atoms with E-state index in [2.05, 4.69) is 6.92 Å². The summed E-state index contributed by atoms with van der Waals surface area (Å²) in [5.41, 5.74) is 7.54. The molecule has 0 radical (unpaired) electrons. The van der Waals surface area contributed by atoms with Crippen LogP contribution in [0.25, 0.3) is 0 Å². The van der Waals surface area contributed by atoms with Crippen LogP contribution < -0.4 is 5.73 Å². The van der Waals surface area contributed by atoms with Gasteiger partial charge in [-0.1, -0.05) is 37.3 Å². The van der Waals surface area contributed by atoms with Crippen LogP contribution in [-0.2, 0) is 6.54 Å². The predicted octanol–water partition coefficient (Wildman–Crippen LogP) is 3.38. The average Bonchev–Trinajstić information content (AvgIpc) is 2.85. The summed E-state index contributed by atoms with van der Waals surface area (Å²) in [6.45, 7) is 3.44. The predicted molar refractivity (Wildman–Crippen MR) is 80.2 cm³/mol. The third-order valence-electron chi connectivity index (χ3n) is 2.89. The van der Waals surface area contributed by atoms with E-state index >= 15 is 0 Å². The molecule has 3 nitrogen and oxygen atoms in total. The molecular weight excluding hydrogens is 256 g/mol. The highest BCUT2D eigenvalue weighted by Crippen LogP contribution is 2.22. The molecule has 0 bridgehead atoms. The lowest BCUT2D eigenvalue weighted by Gasteiger charge is -2.22. The van der Waals surface area contributed by atoms with Gasteiger partial charge in [-0.3, -0.25) is 4.79 Å². The third-order valence-corrected chi connectivity index (χ3v) is 3.81. The number of thiophene rings is 1. The smallest absolute Gasteiger partial charge is 0.266 e. The van der Waals surface area contributed by atoms with Gasteiger partial charge in [0.15, 0.2) is 0 Å². The van der Waals surface area contributed by atoms with Crippen LogP contribution in [0.2, 0.25) is 0 Å².